The predicted octanol–water partition coefficient (Wildman–Crippen LogP) is 5.08. The summed E-state index contributed by atoms with van der Waals surface area (Å²) in [6.07, 6.45) is 0.723. The van der Waals surface area contributed by atoms with Crippen molar-refractivity contribution in [3.63, 3.8) is 0 Å². The van der Waals surface area contributed by atoms with E-state index in [-0.39, 0.29) is 0 Å². The number of alkyl halides is 1. The first-order valence-corrected chi connectivity index (χ1v) is 7.82. The molecule has 3 aromatic rings. The Morgan fingerprint density at radius 1 is 1.10 bits per heavy atom. The van der Waals surface area contributed by atoms with Gasteiger partial charge in [0.2, 0.25) is 0 Å². The first kappa shape index (κ1) is 14.4. The number of halogens is 2. The van der Waals surface area contributed by atoms with Gasteiger partial charge in [0, 0.05) is 23.0 Å². The Labute approximate surface area is 134 Å². The Morgan fingerprint density at radius 2 is 1.90 bits per heavy atom. The van der Waals surface area contributed by atoms with Crippen molar-refractivity contribution in [3.05, 3.63) is 58.4 Å². The molecule has 3 rings (SSSR count). The lowest BCUT2D eigenvalue weighted by molar-refractivity contribution is 0.912. The second kappa shape index (κ2) is 5.70. The van der Waals surface area contributed by atoms with E-state index < -0.39 is 0 Å². The van der Waals surface area contributed by atoms with Gasteiger partial charge in [0.1, 0.15) is 5.82 Å². The highest BCUT2D eigenvalue weighted by atomic mass is 35.5. The molecule has 21 heavy (non-hydrogen) atoms. The van der Waals surface area contributed by atoms with Crippen molar-refractivity contribution in [2.45, 2.75) is 20.3 Å². The molecule has 0 unspecified atom stereocenters. The van der Waals surface area contributed by atoms with Crippen molar-refractivity contribution in [2.75, 3.05) is 5.88 Å². The summed E-state index contributed by atoms with van der Waals surface area (Å²) in [7, 11) is 0. The lowest BCUT2D eigenvalue weighted by Gasteiger charge is -2.10. The van der Waals surface area contributed by atoms with Gasteiger partial charge in [0.15, 0.2) is 0 Å². The maximum atomic E-state index is 6.28. The lowest BCUT2D eigenvalue weighted by atomic mass is 10.2. The van der Waals surface area contributed by atoms with E-state index in [9.17, 15) is 0 Å². The van der Waals surface area contributed by atoms with Crippen molar-refractivity contribution >= 4 is 34.2 Å². The van der Waals surface area contributed by atoms with Gasteiger partial charge in [-0.15, -0.1) is 11.6 Å². The van der Waals surface area contributed by atoms with E-state index in [0.717, 1.165) is 39.6 Å². The van der Waals surface area contributed by atoms with Crippen molar-refractivity contribution in [2.24, 2.45) is 0 Å². The fraction of sp³-hybridized carbons (Fsp3) is 0.235. The van der Waals surface area contributed by atoms with E-state index in [1.165, 1.54) is 5.56 Å². The summed E-state index contributed by atoms with van der Waals surface area (Å²) in [6.45, 7) is 4.09. The van der Waals surface area contributed by atoms with Gasteiger partial charge in [-0.25, -0.2) is 4.98 Å². The minimum Gasteiger partial charge on any atom is -0.296 e. The fourth-order valence-electron chi connectivity index (χ4n) is 2.50. The monoisotopic (exact) mass is 318 g/mol. The van der Waals surface area contributed by atoms with Crippen LogP contribution < -0.4 is 0 Å². The number of hydrogen-bond donors (Lipinski definition) is 0. The zero-order valence-electron chi connectivity index (χ0n) is 12.0. The third kappa shape index (κ3) is 2.66. The van der Waals surface area contributed by atoms with Crippen LogP contribution in [0.4, 0.5) is 0 Å². The zero-order chi connectivity index (χ0) is 15.0. The molecule has 2 nitrogen and oxygen atoms in total. The molecule has 108 valence electrons. The Bertz CT molecular complexity index is 806. The van der Waals surface area contributed by atoms with Crippen LogP contribution in [0, 0.1) is 13.8 Å². The van der Waals surface area contributed by atoms with Crippen molar-refractivity contribution in [1.82, 2.24) is 9.55 Å². The zero-order valence-corrected chi connectivity index (χ0v) is 13.5. The van der Waals surface area contributed by atoms with Crippen LogP contribution in [0.25, 0.3) is 16.7 Å². The molecule has 4 heteroatoms. The Kier molecular flexibility index (Phi) is 3.92. The molecule has 0 aliphatic heterocycles. The van der Waals surface area contributed by atoms with E-state index in [0.29, 0.717) is 5.88 Å². The van der Waals surface area contributed by atoms with Crippen LogP contribution in [-0.2, 0) is 6.42 Å². The number of hydrogen-bond acceptors (Lipinski definition) is 1. The minimum absolute atomic E-state index is 0.544. The molecule has 0 N–H and O–H groups in total. The summed E-state index contributed by atoms with van der Waals surface area (Å²) in [5, 5.41) is 0.763. The summed E-state index contributed by atoms with van der Waals surface area (Å²) in [5.74, 6) is 1.51. The average Bonchev–Trinajstić information content (AvgIpc) is 2.80. The lowest BCUT2D eigenvalue weighted by Crippen LogP contribution is -2.02. The number of nitrogens with zero attached hydrogens (tertiary/aromatic N) is 2. The number of aromatic nitrogens is 2. The van der Waals surface area contributed by atoms with Crippen molar-refractivity contribution in [1.29, 1.82) is 0 Å². The highest BCUT2D eigenvalue weighted by Gasteiger charge is 2.13. The van der Waals surface area contributed by atoms with E-state index in [1.54, 1.807) is 0 Å². The SMILES string of the molecule is Cc1ccc2nc(CCCl)n(-c3ccc(C)c(Cl)c3)c2c1. The van der Waals surface area contributed by atoms with Gasteiger partial charge in [-0.2, -0.15) is 0 Å². The molecule has 0 aliphatic carbocycles. The van der Waals surface area contributed by atoms with Crippen LogP contribution in [0.1, 0.15) is 17.0 Å². The van der Waals surface area contributed by atoms with Gasteiger partial charge < -0.3 is 0 Å². The summed E-state index contributed by atoms with van der Waals surface area (Å²) in [4.78, 5) is 4.71. The molecule has 0 amide bonds. The number of aryl methyl sites for hydroxylation is 3. The third-order valence-electron chi connectivity index (χ3n) is 3.61. The molecule has 1 aromatic heterocycles. The second-order valence-corrected chi connectivity index (χ2v) is 6.01. The number of rotatable bonds is 3. The fourth-order valence-corrected chi connectivity index (χ4v) is 2.84. The number of fused-ring (bicyclic) bond motifs is 1. The Hall–Kier alpha value is -1.51. The smallest absolute Gasteiger partial charge is 0.115 e. The van der Waals surface area contributed by atoms with Crippen molar-refractivity contribution < 1.29 is 0 Å². The van der Waals surface area contributed by atoms with Crippen LogP contribution in [-0.4, -0.2) is 15.4 Å². The summed E-state index contributed by atoms with van der Waals surface area (Å²) >= 11 is 12.2. The van der Waals surface area contributed by atoms with Crippen LogP contribution in [0.2, 0.25) is 5.02 Å². The highest BCUT2D eigenvalue weighted by molar-refractivity contribution is 6.31. The maximum absolute atomic E-state index is 6.28. The van der Waals surface area contributed by atoms with E-state index >= 15 is 0 Å². The molecule has 1 heterocycles. The first-order valence-electron chi connectivity index (χ1n) is 6.90. The molecule has 0 aliphatic rings. The normalized spacial score (nSPS) is 11.2. The Morgan fingerprint density at radius 3 is 2.62 bits per heavy atom. The molecule has 0 radical (unpaired) electrons. The van der Waals surface area contributed by atoms with Crippen LogP contribution in [0.15, 0.2) is 36.4 Å². The quantitative estimate of drug-likeness (QED) is 0.616. The summed E-state index contributed by atoms with van der Waals surface area (Å²) in [5.41, 5.74) is 5.38. The van der Waals surface area contributed by atoms with Crippen LogP contribution in [0.3, 0.4) is 0 Å². The van der Waals surface area contributed by atoms with Crippen LogP contribution >= 0.6 is 23.2 Å². The maximum Gasteiger partial charge on any atom is 0.115 e. The highest BCUT2D eigenvalue weighted by Crippen LogP contribution is 2.26. The summed E-state index contributed by atoms with van der Waals surface area (Å²) < 4.78 is 2.15. The molecular formula is C17H16Cl2N2. The first-order chi connectivity index (χ1) is 10.1. The van der Waals surface area contributed by atoms with E-state index in [1.807, 2.05) is 19.1 Å². The van der Waals surface area contributed by atoms with Crippen LogP contribution in [0.5, 0.6) is 0 Å². The summed E-state index contributed by atoms with van der Waals surface area (Å²) in [6, 6.07) is 12.4. The molecule has 0 saturated heterocycles. The molecule has 0 saturated carbocycles. The third-order valence-corrected chi connectivity index (χ3v) is 4.21. The Balaban J connectivity index is 2.29. The molecule has 2 aromatic carbocycles. The largest absolute Gasteiger partial charge is 0.296 e. The number of benzene rings is 2. The van der Waals surface area contributed by atoms with Crippen molar-refractivity contribution in [3.8, 4) is 5.69 Å². The molecule has 0 atom stereocenters. The van der Waals surface area contributed by atoms with Gasteiger partial charge in [0.25, 0.3) is 0 Å². The van der Waals surface area contributed by atoms with Gasteiger partial charge in [0.05, 0.1) is 11.0 Å². The van der Waals surface area contributed by atoms with Gasteiger partial charge >= 0.3 is 0 Å². The molecule has 0 spiro atoms. The van der Waals surface area contributed by atoms with Gasteiger partial charge in [-0.05, 0) is 49.2 Å². The minimum atomic E-state index is 0.544. The standard InChI is InChI=1S/C17H16Cl2N2/c1-11-3-6-15-16(9-11)21(17(20-15)7-8-18)13-5-4-12(2)14(19)10-13/h3-6,9-10H,7-8H2,1-2H3. The average molecular weight is 319 g/mol. The van der Waals surface area contributed by atoms with Gasteiger partial charge in [-0.3, -0.25) is 4.57 Å². The topological polar surface area (TPSA) is 17.8 Å². The van der Waals surface area contributed by atoms with E-state index in [4.69, 9.17) is 28.2 Å². The molecular weight excluding hydrogens is 303 g/mol. The van der Waals surface area contributed by atoms with Gasteiger partial charge in [-0.1, -0.05) is 23.7 Å². The molecule has 0 bridgehead atoms. The second-order valence-electron chi connectivity index (χ2n) is 5.23. The number of imidazole rings is 1. The predicted molar refractivity (Wildman–Crippen MR) is 90.0 cm³/mol. The van der Waals surface area contributed by atoms with E-state index in [2.05, 4.69) is 35.8 Å². The molecule has 0 fully saturated rings.